The van der Waals surface area contributed by atoms with Crippen LogP contribution in [-0.4, -0.2) is 58.5 Å². The standard InChI is InChI=1S/C15H26N2O3/c1-12-10-17(11-15(12,2)20)14(19)7-9-16-8-5-3-4-6-13(16)18/h12,20H,3-11H2,1-2H3. The Labute approximate surface area is 120 Å². The maximum atomic E-state index is 12.2. The minimum absolute atomic E-state index is 0.0478. The molecule has 0 bridgehead atoms. The quantitative estimate of drug-likeness (QED) is 0.840. The van der Waals surface area contributed by atoms with Crippen LogP contribution in [0.1, 0.15) is 46.0 Å². The Morgan fingerprint density at radius 2 is 2.15 bits per heavy atom. The Hall–Kier alpha value is -1.10. The van der Waals surface area contributed by atoms with E-state index in [9.17, 15) is 14.7 Å². The summed E-state index contributed by atoms with van der Waals surface area (Å²) >= 11 is 0. The van der Waals surface area contributed by atoms with Crippen LogP contribution in [0.5, 0.6) is 0 Å². The average Bonchev–Trinajstić information content (AvgIpc) is 2.55. The van der Waals surface area contributed by atoms with Gasteiger partial charge in [0.05, 0.1) is 5.60 Å². The van der Waals surface area contributed by atoms with Gasteiger partial charge in [-0.2, -0.15) is 0 Å². The van der Waals surface area contributed by atoms with Gasteiger partial charge in [-0.25, -0.2) is 0 Å². The lowest BCUT2D eigenvalue weighted by atomic mass is 9.95. The van der Waals surface area contributed by atoms with Crippen molar-refractivity contribution in [1.82, 2.24) is 9.80 Å². The van der Waals surface area contributed by atoms with Crippen molar-refractivity contribution < 1.29 is 14.7 Å². The molecule has 2 aliphatic rings. The molecule has 2 atom stereocenters. The van der Waals surface area contributed by atoms with E-state index in [2.05, 4.69) is 0 Å². The molecule has 2 fully saturated rings. The van der Waals surface area contributed by atoms with Crippen molar-refractivity contribution in [2.24, 2.45) is 5.92 Å². The van der Waals surface area contributed by atoms with Crippen LogP contribution in [0.25, 0.3) is 0 Å². The van der Waals surface area contributed by atoms with Crippen molar-refractivity contribution in [2.75, 3.05) is 26.2 Å². The largest absolute Gasteiger partial charge is 0.388 e. The zero-order chi connectivity index (χ0) is 14.8. The van der Waals surface area contributed by atoms with Crippen LogP contribution >= 0.6 is 0 Å². The molecule has 2 amide bonds. The molecular formula is C15H26N2O3. The van der Waals surface area contributed by atoms with Crippen LogP contribution in [0, 0.1) is 5.92 Å². The predicted molar refractivity (Wildman–Crippen MR) is 76.0 cm³/mol. The van der Waals surface area contributed by atoms with Crippen LogP contribution in [0.15, 0.2) is 0 Å². The number of carbonyl (C=O) groups is 2. The highest BCUT2D eigenvalue weighted by molar-refractivity contribution is 5.79. The smallest absolute Gasteiger partial charge is 0.224 e. The van der Waals surface area contributed by atoms with Crippen LogP contribution in [-0.2, 0) is 9.59 Å². The minimum Gasteiger partial charge on any atom is -0.388 e. The van der Waals surface area contributed by atoms with Crippen LogP contribution < -0.4 is 0 Å². The van der Waals surface area contributed by atoms with Crippen molar-refractivity contribution in [1.29, 1.82) is 0 Å². The number of β-amino-alcohol motifs (C(OH)–C–C–N with tert-alkyl or cyclic N) is 1. The molecule has 2 unspecified atom stereocenters. The van der Waals surface area contributed by atoms with E-state index >= 15 is 0 Å². The molecule has 1 N–H and O–H groups in total. The summed E-state index contributed by atoms with van der Waals surface area (Å²) in [6.45, 7) is 6.06. The molecule has 2 aliphatic heterocycles. The lowest BCUT2D eigenvalue weighted by Gasteiger charge is -2.23. The van der Waals surface area contributed by atoms with Gasteiger partial charge < -0.3 is 14.9 Å². The molecule has 20 heavy (non-hydrogen) atoms. The highest BCUT2D eigenvalue weighted by Gasteiger charge is 2.40. The second-order valence-corrected chi connectivity index (χ2v) is 6.47. The second kappa shape index (κ2) is 6.12. The first-order chi connectivity index (χ1) is 9.40. The number of amides is 2. The van der Waals surface area contributed by atoms with Gasteiger partial charge in [0.25, 0.3) is 0 Å². The lowest BCUT2D eigenvalue weighted by Crippen LogP contribution is -2.38. The SMILES string of the molecule is CC1CN(C(=O)CCN2CCCCCC2=O)CC1(C)O. The van der Waals surface area contributed by atoms with Crippen molar-refractivity contribution in [2.45, 2.75) is 51.6 Å². The Kier molecular flexibility index (Phi) is 4.68. The molecule has 5 nitrogen and oxygen atoms in total. The fourth-order valence-corrected chi connectivity index (χ4v) is 2.99. The first-order valence-corrected chi connectivity index (χ1v) is 7.68. The maximum absolute atomic E-state index is 12.2. The van der Waals surface area contributed by atoms with E-state index in [0.29, 0.717) is 32.5 Å². The molecule has 0 aliphatic carbocycles. The van der Waals surface area contributed by atoms with Gasteiger partial charge in [0.1, 0.15) is 0 Å². The summed E-state index contributed by atoms with van der Waals surface area (Å²) in [5.41, 5.74) is -0.784. The maximum Gasteiger partial charge on any atom is 0.224 e. The Morgan fingerprint density at radius 1 is 1.40 bits per heavy atom. The van der Waals surface area contributed by atoms with Gasteiger partial charge in [0.2, 0.25) is 11.8 Å². The Balaban J connectivity index is 1.82. The molecule has 2 saturated heterocycles. The molecule has 0 aromatic heterocycles. The summed E-state index contributed by atoms with van der Waals surface area (Å²) in [4.78, 5) is 27.6. The molecule has 2 rings (SSSR count). The number of aliphatic hydroxyl groups is 1. The van der Waals surface area contributed by atoms with Crippen LogP contribution in [0.4, 0.5) is 0 Å². The van der Waals surface area contributed by atoms with Crippen molar-refractivity contribution in [3.63, 3.8) is 0 Å². The monoisotopic (exact) mass is 282 g/mol. The molecule has 114 valence electrons. The number of rotatable bonds is 3. The predicted octanol–water partition coefficient (Wildman–Crippen LogP) is 1.01. The zero-order valence-electron chi connectivity index (χ0n) is 12.6. The van der Waals surface area contributed by atoms with Gasteiger partial charge >= 0.3 is 0 Å². The third kappa shape index (κ3) is 3.51. The number of carbonyl (C=O) groups excluding carboxylic acids is 2. The summed E-state index contributed by atoms with van der Waals surface area (Å²) in [5, 5.41) is 10.1. The molecule has 5 heteroatoms. The van der Waals surface area contributed by atoms with Gasteiger partial charge in [0, 0.05) is 44.9 Å². The molecular weight excluding hydrogens is 256 g/mol. The van der Waals surface area contributed by atoms with Crippen molar-refractivity contribution in [3.05, 3.63) is 0 Å². The van der Waals surface area contributed by atoms with Gasteiger partial charge in [-0.3, -0.25) is 9.59 Å². The third-order valence-electron chi connectivity index (χ3n) is 4.69. The van der Waals surface area contributed by atoms with Crippen molar-refractivity contribution in [3.8, 4) is 0 Å². The lowest BCUT2D eigenvalue weighted by molar-refractivity contribution is -0.134. The van der Waals surface area contributed by atoms with E-state index in [1.54, 1.807) is 11.8 Å². The molecule has 0 saturated carbocycles. The van der Waals surface area contributed by atoms with Gasteiger partial charge in [0.15, 0.2) is 0 Å². The molecule has 2 heterocycles. The van der Waals surface area contributed by atoms with E-state index in [1.165, 1.54) is 0 Å². The van der Waals surface area contributed by atoms with E-state index in [-0.39, 0.29) is 17.7 Å². The third-order valence-corrected chi connectivity index (χ3v) is 4.69. The van der Waals surface area contributed by atoms with E-state index in [1.807, 2.05) is 11.8 Å². The van der Waals surface area contributed by atoms with Gasteiger partial charge in [-0.1, -0.05) is 13.3 Å². The zero-order valence-corrected chi connectivity index (χ0v) is 12.6. The number of hydrogen-bond acceptors (Lipinski definition) is 3. The fourth-order valence-electron chi connectivity index (χ4n) is 2.99. The summed E-state index contributed by atoms with van der Waals surface area (Å²) in [6.07, 6.45) is 4.09. The average molecular weight is 282 g/mol. The summed E-state index contributed by atoms with van der Waals surface area (Å²) < 4.78 is 0. The Bertz CT molecular complexity index is 381. The summed E-state index contributed by atoms with van der Waals surface area (Å²) in [7, 11) is 0. The highest BCUT2D eigenvalue weighted by Crippen LogP contribution is 2.27. The van der Waals surface area contributed by atoms with Crippen LogP contribution in [0.2, 0.25) is 0 Å². The Morgan fingerprint density at radius 3 is 2.80 bits per heavy atom. The number of hydrogen-bond donors (Lipinski definition) is 1. The molecule has 0 spiro atoms. The minimum atomic E-state index is -0.784. The summed E-state index contributed by atoms with van der Waals surface area (Å²) in [5.74, 6) is 0.329. The van der Waals surface area contributed by atoms with E-state index in [4.69, 9.17) is 0 Å². The molecule has 0 aromatic carbocycles. The van der Waals surface area contributed by atoms with Gasteiger partial charge in [-0.05, 0) is 19.8 Å². The van der Waals surface area contributed by atoms with Gasteiger partial charge in [-0.15, -0.1) is 0 Å². The topological polar surface area (TPSA) is 60.9 Å². The van der Waals surface area contributed by atoms with Crippen molar-refractivity contribution >= 4 is 11.8 Å². The number of likely N-dealkylation sites (tertiary alicyclic amines) is 2. The summed E-state index contributed by atoms with van der Waals surface area (Å²) in [6, 6.07) is 0. The van der Waals surface area contributed by atoms with E-state index < -0.39 is 5.60 Å². The fraction of sp³-hybridized carbons (Fsp3) is 0.867. The first kappa shape index (κ1) is 15.3. The number of nitrogens with zero attached hydrogens (tertiary/aromatic N) is 2. The second-order valence-electron chi connectivity index (χ2n) is 6.47. The molecule has 0 aromatic rings. The van der Waals surface area contributed by atoms with E-state index in [0.717, 1.165) is 25.8 Å². The first-order valence-electron chi connectivity index (χ1n) is 7.68. The highest BCUT2D eigenvalue weighted by atomic mass is 16.3. The normalized spacial score (nSPS) is 31.6. The molecule has 0 radical (unpaired) electrons. The van der Waals surface area contributed by atoms with Crippen LogP contribution in [0.3, 0.4) is 0 Å².